The second-order valence-corrected chi connectivity index (χ2v) is 2.09. The summed E-state index contributed by atoms with van der Waals surface area (Å²) < 4.78 is 4.43. The molecule has 0 spiro atoms. The van der Waals surface area contributed by atoms with Gasteiger partial charge in [-0.3, -0.25) is 0 Å². The van der Waals surface area contributed by atoms with Crippen LogP contribution in [-0.4, -0.2) is 42.2 Å². The van der Waals surface area contributed by atoms with Crippen LogP contribution >= 0.6 is 0 Å². The Morgan fingerprint density at radius 3 is 2.82 bits per heavy atom. The number of hydrogen-bond acceptors (Lipinski definition) is 4. The molecule has 0 saturated heterocycles. The lowest BCUT2D eigenvalue weighted by atomic mass is 10.4. The van der Waals surface area contributed by atoms with E-state index < -0.39 is 12.2 Å². The molecule has 11 heavy (non-hydrogen) atoms. The van der Waals surface area contributed by atoms with Crippen molar-refractivity contribution in [2.75, 3.05) is 19.8 Å². The first-order chi connectivity index (χ1) is 5.16. The highest BCUT2D eigenvalue weighted by molar-refractivity contribution is 5.67. The van der Waals surface area contributed by atoms with Gasteiger partial charge in [0.05, 0.1) is 12.7 Å². The smallest absolute Gasteiger partial charge is 0.407 e. The van der Waals surface area contributed by atoms with Crippen molar-refractivity contribution in [3.8, 4) is 0 Å². The number of alkyl carbamates (subject to hydrolysis) is 1. The largest absolute Gasteiger partial charge is 0.447 e. The molecule has 5 heteroatoms. The molecule has 0 radical (unpaired) electrons. The van der Waals surface area contributed by atoms with Gasteiger partial charge in [0, 0.05) is 6.54 Å². The molecule has 0 bridgehead atoms. The van der Waals surface area contributed by atoms with Crippen molar-refractivity contribution in [2.45, 2.75) is 13.0 Å². The summed E-state index contributed by atoms with van der Waals surface area (Å²) in [6.45, 7) is 1.49. The highest BCUT2D eigenvalue weighted by Crippen LogP contribution is 1.79. The Kier molecular flexibility index (Phi) is 5.50. The number of aliphatic hydroxyl groups excluding tert-OH is 2. The lowest BCUT2D eigenvalue weighted by Crippen LogP contribution is -2.31. The van der Waals surface area contributed by atoms with E-state index in [4.69, 9.17) is 10.2 Å². The summed E-state index contributed by atoms with van der Waals surface area (Å²) in [5.41, 5.74) is 0. The molecular formula is C6H13NO4. The van der Waals surface area contributed by atoms with Crippen molar-refractivity contribution in [1.82, 2.24) is 5.32 Å². The minimum absolute atomic E-state index is 0.0222. The van der Waals surface area contributed by atoms with E-state index in [1.807, 2.05) is 0 Å². The molecule has 0 aliphatic heterocycles. The Morgan fingerprint density at radius 1 is 1.73 bits per heavy atom. The zero-order valence-corrected chi connectivity index (χ0v) is 6.41. The molecule has 0 aliphatic carbocycles. The molecule has 1 atom stereocenters. The molecule has 0 aliphatic rings. The molecular weight excluding hydrogens is 150 g/mol. The molecule has 0 aromatic carbocycles. The minimum atomic E-state index is -0.625. The van der Waals surface area contributed by atoms with Crippen molar-refractivity contribution in [2.24, 2.45) is 0 Å². The van der Waals surface area contributed by atoms with E-state index in [-0.39, 0.29) is 19.8 Å². The van der Waals surface area contributed by atoms with Crippen molar-refractivity contribution < 1.29 is 19.7 Å². The van der Waals surface area contributed by atoms with Crippen LogP contribution in [-0.2, 0) is 4.74 Å². The fourth-order valence-corrected chi connectivity index (χ4v) is 0.420. The van der Waals surface area contributed by atoms with Gasteiger partial charge in [0.15, 0.2) is 0 Å². The van der Waals surface area contributed by atoms with Gasteiger partial charge in [-0.15, -0.1) is 0 Å². The third kappa shape index (κ3) is 7.08. The fraction of sp³-hybridized carbons (Fsp3) is 0.833. The fourth-order valence-electron chi connectivity index (χ4n) is 0.420. The quantitative estimate of drug-likeness (QED) is 0.501. The van der Waals surface area contributed by atoms with E-state index in [9.17, 15) is 4.79 Å². The van der Waals surface area contributed by atoms with Crippen LogP contribution in [0, 0.1) is 0 Å². The summed E-state index contributed by atoms with van der Waals surface area (Å²) in [6, 6.07) is 0. The maximum absolute atomic E-state index is 10.6. The highest BCUT2D eigenvalue weighted by Gasteiger charge is 2.01. The van der Waals surface area contributed by atoms with Gasteiger partial charge in [-0.2, -0.15) is 0 Å². The Bertz CT molecular complexity index is 115. The molecule has 3 N–H and O–H groups in total. The standard InChI is InChI=1S/C6H13NO4/c1-5(9)4-7-6(10)11-3-2-8/h5,8-9H,2-4H2,1H3,(H,7,10)/t5-/m0/s1. The van der Waals surface area contributed by atoms with Gasteiger partial charge in [-0.05, 0) is 6.92 Å². The second-order valence-electron chi connectivity index (χ2n) is 2.09. The first-order valence-electron chi connectivity index (χ1n) is 3.36. The summed E-state index contributed by atoms with van der Waals surface area (Å²) in [4.78, 5) is 10.6. The number of aliphatic hydroxyl groups is 2. The Labute approximate surface area is 65.0 Å². The molecule has 0 aromatic heterocycles. The molecule has 1 amide bonds. The number of nitrogens with one attached hydrogen (secondary N) is 1. The summed E-state index contributed by atoms with van der Waals surface area (Å²) >= 11 is 0. The number of rotatable bonds is 4. The zero-order chi connectivity index (χ0) is 8.69. The predicted octanol–water partition coefficient (Wildman–Crippen LogP) is -0.914. The maximum Gasteiger partial charge on any atom is 0.407 e. The molecule has 66 valence electrons. The van der Waals surface area contributed by atoms with Crippen LogP contribution in [0.1, 0.15) is 6.92 Å². The topological polar surface area (TPSA) is 78.8 Å². The Hall–Kier alpha value is -0.810. The van der Waals surface area contributed by atoms with E-state index in [0.717, 1.165) is 0 Å². The summed E-state index contributed by atoms with van der Waals surface area (Å²) in [6.07, 6.45) is -1.21. The first kappa shape index (κ1) is 10.2. The number of carbonyl (C=O) groups is 1. The van der Waals surface area contributed by atoms with Crippen molar-refractivity contribution in [3.05, 3.63) is 0 Å². The van der Waals surface area contributed by atoms with Gasteiger partial charge >= 0.3 is 6.09 Å². The first-order valence-corrected chi connectivity index (χ1v) is 3.36. The zero-order valence-electron chi connectivity index (χ0n) is 6.41. The number of amides is 1. The highest BCUT2D eigenvalue weighted by atomic mass is 16.6. The van der Waals surface area contributed by atoms with Crippen LogP contribution in [0.4, 0.5) is 4.79 Å². The summed E-state index contributed by atoms with van der Waals surface area (Å²) in [5.74, 6) is 0. The second kappa shape index (κ2) is 5.94. The van der Waals surface area contributed by atoms with Crippen LogP contribution in [0.5, 0.6) is 0 Å². The maximum atomic E-state index is 10.6. The number of ether oxygens (including phenoxy) is 1. The van der Waals surface area contributed by atoms with Crippen LogP contribution in [0.3, 0.4) is 0 Å². The lowest BCUT2D eigenvalue weighted by Gasteiger charge is -2.06. The van der Waals surface area contributed by atoms with Crippen molar-refractivity contribution in [1.29, 1.82) is 0 Å². The van der Waals surface area contributed by atoms with Crippen molar-refractivity contribution in [3.63, 3.8) is 0 Å². The molecule has 0 heterocycles. The Morgan fingerprint density at radius 2 is 2.36 bits per heavy atom. The SMILES string of the molecule is C[C@H](O)CNC(=O)OCCO. The third-order valence-electron chi connectivity index (χ3n) is 0.866. The molecule has 0 aromatic rings. The molecule has 0 saturated carbocycles. The van der Waals surface area contributed by atoms with E-state index in [0.29, 0.717) is 0 Å². The van der Waals surface area contributed by atoms with Crippen LogP contribution < -0.4 is 5.32 Å². The van der Waals surface area contributed by atoms with Gasteiger partial charge in [-0.25, -0.2) is 4.79 Å². The molecule has 5 nitrogen and oxygen atoms in total. The van der Waals surface area contributed by atoms with E-state index in [1.165, 1.54) is 0 Å². The average Bonchev–Trinajstić information content (AvgIpc) is 1.97. The van der Waals surface area contributed by atoms with E-state index >= 15 is 0 Å². The van der Waals surface area contributed by atoms with Gasteiger partial charge in [0.1, 0.15) is 6.61 Å². The lowest BCUT2D eigenvalue weighted by molar-refractivity contribution is 0.113. The molecule has 0 fully saturated rings. The molecule has 0 unspecified atom stereocenters. The third-order valence-corrected chi connectivity index (χ3v) is 0.866. The minimum Gasteiger partial charge on any atom is -0.447 e. The average molecular weight is 163 g/mol. The van der Waals surface area contributed by atoms with E-state index in [2.05, 4.69) is 10.1 Å². The van der Waals surface area contributed by atoms with Crippen LogP contribution in [0.25, 0.3) is 0 Å². The normalized spacial score (nSPS) is 12.3. The van der Waals surface area contributed by atoms with Gasteiger partial charge in [-0.1, -0.05) is 0 Å². The van der Waals surface area contributed by atoms with Crippen LogP contribution in [0.15, 0.2) is 0 Å². The number of hydrogen-bond donors (Lipinski definition) is 3. The monoisotopic (exact) mass is 163 g/mol. The number of carbonyl (C=O) groups excluding carboxylic acids is 1. The predicted molar refractivity (Wildman–Crippen MR) is 38.1 cm³/mol. The summed E-state index contributed by atoms with van der Waals surface area (Å²) in [7, 11) is 0. The van der Waals surface area contributed by atoms with Crippen molar-refractivity contribution >= 4 is 6.09 Å². The molecule has 0 rings (SSSR count). The Balaban J connectivity index is 3.23. The van der Waals surface area contributed by atoms with Gasteiger partial charge in [0.2, 0.25) is 0 Å². The van der Waals surface area contributed by atoms with Gasteiger partial charge in [0.25, 0.3) is 0 Å². The summed E-state index contributed by atoms with van der Waals surface area (Å²) in [5, 5.41) is 19.2. The van der Waals surface area contributed by atoms with Gasteiger partial charge < -0.3 is 20.3 Å². The van der Waals surface area contributed by atoms with E-state index in [1.54, 1.807) is 6.92 Å². The van der Waals surface area contributed by atoms with Crippen LogP contribution in [0.2, 0.25) is 0 Å².